The zero-order chi connectivity index (χ0) is 13.8. The van der Waals surface area contributed by atoms with Crippen LogP contribution in [0.25, 0.3) is 0 Å². The fourth-order valence-corrected chi connectivity index (χ4v) is 3.28. The van der Waals surface area contributed by atoms with Crippen molar-refractivity contribution in [1.82, 2.24) is 4.90 Å². The first-order valence-corrected chi connectivity index (χ1v) is 7.48. The largest absolute Gasteiger partial charge is 0.506 e. The Morgan fingerprint density at radius 3 is 2.84 bits per heavy atom. The van der Waals surface area contributed by atoms with Crippen LogP contribution in [0.1, 0.15) is 31.2 Å². The number of halogens is 2. The molecule has 106 valence electrons. The SMILES string of the molecule is NCCC1CCCCN1Cc1cc(Cl)cc(Cl)c1O. The van der Waals surface area contributed by atoms with Crippen LogP contribution >= 0.6 is 23.2 Å². The summed E-state index contributed by atoms with van der Waals surface area (Å²) < 4.78 is 0. The van der Waals surface area contributed by atoms with E-state index in [1.165, 1.54) is 19.3 Å². The highest BCUT2D eigenvalue weighted by Crippen LogP contribution is 2.33. The second-order valence-electron chi connectivity index (χ2n) is 5.09. The van der Waals surface area contributed by atoms with Gasteiger partial charge in [0.2, 0.25) is 0 Å². The Balaban J connectivity index is 2.14. The van der Waals surface area contributed by atoms with Gasteiger partial charge in [0.05, 0.1) is 5.02 Å². The van der Waals surface area contributed by atoms with Gasteiger partial charge in [-0.3, -0.25) is 4.90 Å². The van der Waals surface area contributed by atoms with E-state index in [0.717, 1.165) is 18.5 Å². The molecule has 0 amide bonds. The van der Waals surface area contributed by atoms with Crippen LogP contribution < -0.4 is 5.73 Å². The summed E-state index contributed by atoms with van der Waals surface area (Å²) in [4.78, 5) is 2.37. The number of nitrogens with two attached hydrogens (primary N) is 1. The lowest BCUT2D eigenvalue weighted by molar-refractivity contribution is 0.133. The van der Waals surface area contributed by atoms with Crippen molar-refractivity contribution < 1.29 is 5.11 Å². The number of hydrogen-bond acceptors (Lipinski definition) is 3. The maximum Gasteiger partial charge on any atom is 0.138 e. The second-order valence-corrected chi connectivity index (χ2v) is 5.94. The predicted octanol–water partition coefficient (Wildman–Crippen LogP) is 3.40. The molecule has 0 aromatic heterocycles. The molecule has 19 heavy (non-hydrogen) atoms. The molecular formula is C14H20Cl2N2O. The first kappa shape index (κ1) is 14.9. The van der Waals surface area contributed by atoms with Gasteiger partial charge in [0.25, 0.3) is 0 Å². The summed E-state index contributed by atoms with van der Waals surface area (Å²) in [6.07, 6.45) is 4.61. The molecule has 1 heterocycles. The van der Waals surface area contributed by atoms with Crippen LogP contribution in [-0.4, -0.2) is 29.1 Å². The number of likely N-dealkylation sites (tertiary alicyclic amines) is 1. The molecule has 0 radical (unpaired) electrons. The van der Waals surface area contributed by atoms with Crippen LogP contribution in [0, 0.1) is 0 Å². The molecule has 0 saturated carbocycles. The monoisotopic (exact) mass is 302 g/mol. The normalized spacial score (nSPS) is 20.7. The van der Waals surface area contributed by atoms with Crippen LogP contribution in [0.5, 0.6) is 5.75 Å². The lowest BCUT2D eigenvalue weighted by Crippen LogP contribution is -2.40. The molecule has 1 aromatic carbocycles. The van der Waals surface area contributed by atoms with Crippen molar-refractivity contribution in [3.8, 4) is 5.75 Å². The van der Waals surface area contributed by atoms with Gasteiger partial charge in [-0.25, -0.2) is 0 Å². The Hall–Kier alpha value is -0.480. The minimum atomic E-state index is 0.142. The third-order valence-electron chi connectivity index (χ3n) is 3.73. The van der Waals surface area contributed by atoms with Crippen LogP contribution in [-0.2, 0) is 6.54 Å². The molecule has 0 aliphatic carbocycles. The standard InChI is InChI=1S/C14H20Cl2N2O/c15-11-7-10(14(19)13(16)8-11)9-18-6-2-1-3-12(18)4-5-17/h7-8,12,19H,1-6,9,17H2. The smallest absolute Gasteiger partial charge is 0.138 e. The molecule has 1 aliphatic heterocycles. The fraction of sp³-hybridized carbons (Fsp3) is 0.571. The zero-order valence-electron chi connectivity index (χ0n) is 10.9. The molecule has 1 atom stereocenters. The Morgan fingerprint density at radius 2 is 2.11 bits per heavy atom. The number of benzene rings is 1. The first-order valence-electron chi connectivity index (χ1n) is 6.73. The molecule has 0 bridgehead atoms. The summed E-state index contributed by atoms with van der Waals surface area (Å²) in [5.74, 6) is 0.142. The summed E-state index contributed by atoms with van der Waals surface area (Å²) in [6.45, 7) is 2.41. The average Bonchev–Trinajstić information content (AvgIpc) is 2.38. The highest BCUT2D eigenvalue weighted by molar-refractivity contribution is 6.35. The first-order chi connectivity index (χ1) is 9.11. The number of hydrogen-bond donors (Lipinski definition) is 2. The number of piperidine rings is 1. The number of aromatic hydroxyl groups is 1. The molecule has 5 heteroatoms. The van der Waals surface area contributed by atoms with Crippen LogP contribution in [0.4, 0.5) is 0 Å². The molecule has 3 nitrogen and oxygen atoms in total. The Labute approximate surface area is 124 Å². The van der Waals surface area contributed by atoms with Crippen molar-refractivity contribution in [1.29, 1.82) is 0 Å². The fourth-order valence-electron chi connectivity index (χ4n) is 2.75. The van der Waals surface area contributed by atoms with Gasteiger partial charge in [0.15, 0.2) is 0 Å². The van der Waals surface area contributed by atoms with Gasteiger partial charge in [-0.1, -0.05) is 29.6 Å². The van der Waals surface area contributed by atoms with Gasteiger partial charge in [0.1, 0.15) is 5.75 Å². The van der Waals surface area contributed by atoms with E-state index < -0.39 is 0 Å². The molecule has 0 spiro atoms. The average molecular weight is 303 g/mol. The van der Waals surface area contributed by atoms with Crippen LogP contribution in [0.15, 0.2) is 12.1 Å². The van der Waals surface area contributed by atoms with Crippen molar-refractivity contribution in [2.24, 2.45) is 5.73 Å². The number of nitrogens with zero attached hydrogens (tertiary/aromatic N) is 1. The molecule has 1 saturated heterocycles. The highest BCUT2D eigenvalue weighted by Gasteiger charge is 2.23. The number of phenolic OH excluding ortho intramolecular Hbond substituents is 1. The topological polar surface area (TPSA) is 49.5 Å². The number of rotatable bonds is 4. The molecule has 2 rings (SSSR count). The van der Waals surface area contributed by atoms with Crippen LogP contribution in [0.2, 0.25) is 10.0 Å². The predicted molar refractivity (Wildman–Crippen MR) is 79.8 cm³/mol. The molecule has 1 unspecified atom stereocenters. The van der Waals surface area contributed by atoms with Gasteiger partial charge in [-0.05, 0) is 44.5 Å². The van der Waals surface area contributed by atoms with E-state index in [-0.39, 0.29) is 5.75 Å². The number of phenols is 1. The summed E-state index contributed by atoms with van der Waals surface area (Å²) >= 11 is 12.0. The summed E-state index contributed by atoms with van der Waals surface area (Å²) in [5.41, 5.74) is 6.47. The van der Waals surface area contributed by atoms with Gasteiger partial charge >= 0.3 is 0 Å². The highest BCUT2D eigenvalue weighted by atomic mass is 35.5. The summed E-state index contributed by atoms with van der Waals surface area (Å²) in [5, 5.41) is 10.9. The maximum atomic E-state index is 10.0. The van der Waals surface area contributed by atoms with Crippen molar-refractivity contribution >= 4 is 23.2 Å². The van der Waals surface area contributed by atoms with E-state index in [0.29, 0.717) is 29.2 Å². The second kappa shape index (κ2) is 6.80. The van der Waals surface area contributed by atoms with E-state index in [1.54, 1.807) is 12.1 Å². The van der Waals surface area contributed by atoms with Gasteiger partial charge in [0, 0.05) is 23.2 Å². The summed E-state index contributed by atoms with van der Waals surface area (Å²) in [7, 11) is 0. The quantitative estimate of drug-likeness (QED) is 0.896. The lowest BCUT2D eigenvalue weighted by atomic mass is 9.98. The van der Waals surface area contributed by atoms with Gasteiger partial charge < -0.3 is 10.8 Å². The third kappa shape index (κ3) is 3.76. The van der Waals surface area contributed by atoms with Crippen LogP contribution in [0.3, 0.4) is 0 Å². The molecular weight excluding hydrogens is 283 g/mol. The van der Waals surface area contributed by atoms with Gasteiger partial charge in [-0.2, -0.15) is 0 Å². The van der Waals surface area contributed by atoms with Gasteiger partial charge in [-0.15, -0.1) is 0 Å². The molecule has 1 aliphatic rings. The van der Waals surface area contributed by atoms with Crippen molar-refractivity contribution in [2.45, 2.75) is 38.3 Å². The van der Waals surface area contributed by atoms with E-state index in [2.05, 4.69) is 4.90 Å². The minimum Gasteiger partial charge on any atom is -0.506 e. The lowest BCUT2D eigenvalue weighted by Gasteiger charge is -2.35. The third-order valence-corrected chi connectivity index (χ3v) is 4.24. The van der Waals surface area contributed by atoms with Crippen molar-refractivity contribution in [2.75, 3.05) is 13.1 Å². The van der Waals surface area contributed by atoms with Crippen molar-refractivity contribution in [3.05, 3.63) is 27.7 Å². The minimum absolute atomic E-state index is 0.142. The Kier molecular flexibility index (Phi) is 5.34. The molecule has 1 fully saturated rings. The molecule has 3 N–H and O–H groups in total. The van der Waals surface area contributed by atoms with Crippen molar-refractivity contribution in [3.63, 3.8) is 0 Å². The van der Waals surface area contributed by atoms with E-state index in [4.69, 9.17) is 28.9 Å². The Bertz CT molecular complexity index is 438. The maximum absolute atomic E-state index is 10.0. The molecule has 1 aromatic rings. The Morgan fingerprint density at radius 1 is 1.32 bits per heavy atom. The summed E-state index contributed by atoms with van der Waals surface area (Å²) in [6, 6.07) is 3.85. The van der Waals surface area contributed by atoms with E-state index in [9.17, 15) is 5.11 Å². The van der Waals surface area contributed by atoms with E-state index in [1.807, 2.05) is 0 Å². The zero-order valence-corrected chi connectivity index (χ0v) is 12.4. The van der Waals surface area contributed by atoms with E-state index >= 15 is 0 Å².